The second kappa shape index (κ2) is 6.02. The van der Waals surface area contributed by atoms with Crippen LogP contribution >= 0.6 is 15.9 Å². The van der Waals surface area contributed by atoms with Gasteiger partial charge < -0.3 is 4.98 Å². The molecule has 0 fully saturated rings. The third kappa shape index (κ3) is 4.22. The van der Waals surface area contributed by atoms with Gasteiger partial charge in [-0.1, -0.05) is 34.1 Å². The molecular formula is C10H8BrFN2O2. The minimum Gasteiger partial charge on any atom is -0.311 e. The average molecular weight is 287 g/mol. The van der Waals surface area contributed by atoms with E-state index >= 15 is 0 Å². The van der Waals surface area contributed by atoms with Crippen LogP contribution < -0.4 is 11.2 Å². The lowest BCUT2D eigenvalue weighted by molar-refractivity contribution is 0.597. The number of H-pyrrole nitrogens is 2. The summed E-state index contributed by atoms with van der Waals surface area (Å²) in [6.45, 7) is 0. The number of benzene rings is 1. The largest absolute Gasteiger partial charge is 0.325 e. The van der Waals surface area contributed by atoms with E-state index in [1.54, 1.807) is 4.98 Å². The first-order valence-electron chi connectivity index (χ1n) is 4.27. The highest BCUT2D eigenvalue weighted by Gasteiger charge is 1.93. The molecule has 0 aliphatic carbocycles. The lowest BCUT2D eigenvalue weighted by atomic mass is 10.4. The van der Waals surface area contributed by atoms with Gasteiger partial charge in [0.05, 0.1) is 0 Å². The van der Waals surface area contributed by atoms with E-state index in [4.69, 9.17) is 0 Å². The molecule has 1 aromatic carbocycles. The first-order valence-corrected chi connectivity index (χ1v) is 5.07. The SMILES string of the molecule is Brc1ccccc1.O=c1[nH]cc(F)c(=O)[nH]1. The van der Waals surface area contributed by atoms with E-state index in [0.29, 0.717) is 6.20 Å². The van der Waals surface area contributed by atoms with E-state index in [1.807, 2.05) is 35.3 Å². The van der Waals surface area contributed by atoms with Crippen LogP contribution in [0.1, 0.15) is 0 Å². The topological polar surface area (TPSA) is 65.7 Å². The fraction of sp³-hybridized carbons (Fsp3) is 0. The predicted molar refractivity (Wildman–Crippen MR) is 61.8 cm³/mol. The van der Waals surface area contributed by atoms with Gasteiger partial charge in [0.1, 0.15) is 0 Å². The van der Waals surface area contributed by atoms with E-state index in [0.717, 1.165) is 4.47 Å². The summed E-state index contributed by atoms with van der Waals surface area (Å²) in [4.78, 5) is 24.0. The molecule has 2 N–H and O–H groups in total. The molecule has 0 aliphatic rings. The van der Waals surface area contributed by atoms with Gasteiger partial charge >= 0.3 is 5.69 Å². The summed E-state index contributed by atoms with van der Waals surface area (Å²) in [5, 5.41) is 0. The average Bonchev–Trinajstić information content (AvgIpc) is 2.26. The van der Waals surface area contributed by atoms with E-state index < -0.39 is 17.1 Å². The normalized spacial score (nSPS) is 9.12. The Morgan fingerprint density at radius 1 is 1.12 bits per heavy atom. The molecule has 16 heavy (non-hydrogen) atoms. The lowest BCUT2D eigenvalue weighted by Gasteiger charge is -1.81. The van der Waals surface area contributed by atoms with E-state index in [2.05, 4.69) is 15.9 Å². The Morgan fingerprint density at radius 2 is 1.75 bits per heavy atom. The molecule has 2 aromatic rings. The second-order valence-corrected chi connectivity index (χ2v) is 3.63. The maximum atomic E-state index is 12.0. The summed E-state index contributed by atoms with van der Waals surface area (Å²) in [6, 6.07) is 9.97. The zero-order chi connectivity index (χ0) is 12.0. The fourth-order valence-corrected chi connectivity index (χ4v) is 1.11. The molecule has 0 amide bonds. The van der Waals surface area contributed by atoms with Crippen LogP contribution in [0.4, 0.5) is 4.39 Å². The maximum Gasteiger partial charge on any atom is 0.325 e. The Kier molecular flexibility index (Phi) is 4.65. The molecule has 0 bridgehead atoms. The van der Waals surface area contributed by atoms with E-state index in [-0.39, 0.29) is 0 Å². The molecular weight excluding hydrogens is 279 g/mol. The first-order chi connectivity index (χ1) is 7.59. The van der Waals surface area contributed by atoms with Crippen molar-refractivity contribution in [1.29, 1.82) is 0 Å². The van der Waals surface area contributed by atoms with Crippen LogP contribution in [0.15, 0.2) is 50.6 Å². The van der Waals surface area contributed by atoms with Crippen molar-refractivity contribution in [3.63, 3.8) is 0 Å². The lowest BCUT2D eigenvalue weighted by Crippen LogP contribution is -2.23. The Morgan fingerprint density at radius 3 is 2.12 bits per heavy atom. The van der Waals surface area contributed by atoms with Crippen molar-refractivity contribution in [3.8, 4) is 0 Å². The Bertz CT molecular complexity index is 550. The number of halogens is 2. The van der Waals surface area contributed by atoms with Crippen molar-refractivity contribution in [2.75, 3.05) is 0 Å². The molecule has 0 saturated heterocycles. The third-order valence-corrected chi connectivity index (χ3v) is 2.04. The number of nitrogens with one attached hydrogen (secondary N) is 2. The van der Waals surface area contributed by atoms with Crippen molar-refractivity contribution in [3.05, 3.63) is 67.7 Å². The quantitative estimate of drug-likeness (QED) is 0.773. The van der Waals surface area contributed by atoms with E-state index in [1.165, 1.54) is 0 Å². The van der Waals surface area contributed by atoms with Crippen LogP contribution in [0.5, 0.6) is 0 Å². The highest BCUT2D eigenvalue weighted by atomic mass is 79.9. The number of rotatable bonds is 0. The molecule has 0 spiro atoms. The Labute approximate surface area is 98.3 Å². The molecule has 0 atom stereocenters. The summed E-state index contributed by atoms with van der Waals surface area (Å²) >= 11 is 3.31. The van der Waals surface area contributed by atoms with Crippen molar-refractivity contribution in [1.82, 2.24) is 9.97 Å². The van der Waals surface area contributed by atoms with Crippen molar-refractivity contribution >= 4 is 15.9 Å². The maximum absolute atomic E-state index is 12.0. The summed E-state index contributed by atoms with van der Waals surface area (Å²) in [6.07, 6.45) is 0.709. The van der Waals surface area contributed by atoms with Crippen LogP contribution in [0.25, 0.3) is 0 Å². The predicted octanol–water partition coefficient (Wildman–Crippen LogP) is 1.65. The molecule has 0 radical (unpaired) electrons. The van der Waals surface area contributed by atoms with Gasteiger partial charge in [-0.2, -0.15) is 4.39 Å². The van der Waals surface area contributed by atoms with Gasteiger partial charge in [0, 0.05) is 10.7 Å². The monoisotopic (exact) mass is 286 g/mol. The fourth-order valence-electron chi connectivity index (χ4n) is 0.808. The molecule has 6 heteroatoms. The van der Waals surface area contributed by atoms with Gasteiger partial charge in [0.25, 0.3) is 5.56 Å². The van der Waals surface area contributed by atoms with E-state index in [9.17, 15) is 14.0 Å². The number of aromatic amines is 2. The molecule has 4 nitrogen and oxygen atoms in total. The van der Waals surface area contributed by atoms with Crippen LogP contribution in [-0.4, -0.2) is 9.97 Å². The number of hydrogen-bond donors (Lipinski definition) is 2. The van der Waals surface area contributed by atoms with Crippen LogP contribution in [0, 0.1) is 5.82 Å². The van der Waals surface area contributed by atoms with Crippen LogP contribution in [-0.2, 0) is 0 Å². The van der Waals surface area contributed by atoms with Gasteiger partial charge in [-0.3, -0.25) is 9.78 Å². The van der Waals surface area contributed by atoms with Crippen LogP contribution in [0.2, 0.25) is 0 Å². The van der Waals surface area contributed by atoms with Crippen molar-refractivity contribution < 1.29 is 4.39 Å². The summed E-state index contributed by atoms with van der Waals surface area (Å²) in [5.41, 5.74) is -1.71. The summed E-state index contributed by atoms with van der Waals surface area (Å²) < 4.78 is 13.1. The van der Waals surface area contributed by atoms with Gasteiger partial charge in [-0.15, -0.1) is 0 Å². The number of hydrogen-bond acceptors (Lipinski definition) is 2. The zero-order valence-electron chi connectivity index (χ0n) is 8.04. The smallest absolute Gasteiger partial charge is 0.311 e. The molecule has 2 rings (SSSR count). The van der Waals surface area contributed by atoms with Crippen LogP contribution in [0.3, 0.4) is 0 Å². The van der Waals surface area contributed by atoms with Gasteiger partial charge in [-0.25, -0.2) is 4.79 Å². The summed E-state index contributed by atoms with van der Waals surface area (Å²) in [5.74, 6) is -0.991. The standard InChI is InChI=1S/C6H5Br.C4H3FN2O2/c7-6-4-2-1-3-5-6;5-2-1-6-4(9)7-3(2)8/h1-5H;1H,(H2,6,7,8,9). The number of aromatic nitrogens is 2. The van der Waals surface area contributed by atoms with Crippen molar-refractivity contribution in [2.24, 2.45) is 0 Å². The summed E-state index contributed by atoms with van der Waals surface area (Å²) in [7, 11) is 0. The minimum atomic E-state index is -1.00. The molecule has 1 aromatic heterocycles. The Hall–Kier alpha value is -1.69. The molecule has 84 valence electrons. The third-order valence-electron chi connectivity index (χ3n) is 1.51. The molecule has 1 heterocycles. The molecule has 0 unspecified atom stereocenters. The highest BCUT2D eigenvalue weighted by molar-refractivity contribution is 9.10. The van der Waals surface area contributed by atoms with Gasteiger partial charge in [0.15, 0.2) is 0 Å². The van der Waals surface area contributed by atoms with Gasteiger partial charge in [0.2, 0.25) is 5.82 Å². The first kappa shape index (κ1) is 12.4. The van der Waals surface area contributed by atoms with Crippen molar-refractivity contribution in [2.45, 2.75) is 0 Å². The Balaban J connectivity index is 0.000000165. The second-order valence-electron chi connectivity index (χ2n) is 2.72. The molecule has 0 saturated carbocycles. The highest BCUT2D eigenvalue weighted by Crippen LogP contribution is 2.05. The van der Waals surface area contributed by atoms with Gasteiger partial charge in [-0.05, 0) is 12.1 Å². The minimum absolute atomic E-state index is 0.707. The zero-order valence-corrected chi connectivity index (χ0v) is 9.62. The molecule has 0 aliphatic heterocycles.